The second-order valence-electron chi connectivity index (χ2n) is 9.40. The van der Waals surface area contributed by atoms with Crippen LogP contribution >= 0.6 is 27.5 Å². The number of hydrogen-bond donors (Lipinski definition) is 3. The SMILES string of the molecule is CC1CCN(C[C@H](C)CNC(=O)[C@]2(O)c3cc(Br)ccc3NC(=O)N2c2ccc(Cl)cc2)CC1. The number of carbonyl (C=O) groups is 2. The number of likely N-dealkylation sites (tertiary alicyclic amines) is 1. The van der Waals surface area contributed by atoms with E-state index in [1.807, 2.05) is 0 Å². The summed E-state index contributed by atoms with van der Waals surface area (Å²) in [5.41, 5.74) is -1.23. The fourth-order valence-electron chi connectivity index (χ4n) is 4.61. The molecule has 182 valence electrons. The fourth-order valence-corrected chi connectivity index (χ4v) is 5.10. The van der Waals surface area contributed by atoms with Gasteiger partial charge in [-0.1, -0.05) is 41.4 Å². The number of nitrogens with zero attached hydrogens (tertiary/aromatic N) is 2. The van der Waals surface area contributed by atoms with Gasteiger partial charge in [0.05, 0.1) is 5.69 Å². The van der Waals surface area contributed by atoms with Crippen LogP contribution in [0.25, 0.3) is 0 Å². The molecule has 4 rings (SSSR count). The van der Waals surface area contributed by atoms with Gasteiger partial charge in [-0.05, 0) is 80.2 Å². The number of fused-ring (bicyclic) bond motifs is 1. The Hall–Kier alpha value is -2.13. The molecule has 0 bridgehead atoms. The quantitative estimate of drug-likeness (QED) is 0.484. The van der Waals surface area contributed by atoms with Crippen molar-refractivity contribution in [3.8, 4) is 0 Å². The molecule has 3 amide bonds. The van der Waals surface area contributed by atoms with Crippen molar-refractivity contribution in [2.24, 2.45) is 11.8 Å². The van der Waals surface area contributed by atoms with Crippen LogP contribution in [0.1, 0.15) is 32.3 Å². The smallest absolute Gasteiger partial charge is 0.329 e. The van der Waals surface area contributed by atoms with Crippen molar-refractivity contribution in [3.63, 3.8) is 0 Å². The van der Waals surface area contributed by atoms with E-state index in [9.17, 15) is 14.7 Å². The summed E-state index contributed by atoms with van der Waals surface area (Å²) in [6.45, 7) is 7.74. The van der Waals surface area contributed by atoms with Gasteiger partial charge in [-0.25, -0.2) is 4.79 Å². The molecule has 1 fully saturated rings. The van der Waals surface area contributed by atoms with Gasteiger partial charge in [0, 0.05) is 33.8 Å². The number of nitrogens with one attached hydrogen (secondary N) is 2. The number of amides is 3. The maximum Gasteiger partial charge on any atom is 0.329 e. The summed E-state index contributed by atoms with van der Waals surface area (Å²) in [7, 11) is 0. The second kappa shape index (κ2) is 10.2. The van der Waals surface area contributed by atoms with E-state index in [1.54, 1.807) is 42.5 Å². The van der Waals surface area contributed by atoms with Gasteiger partial charge in [0.2, 0.25) is 0 Å². The van der Waals surface area contributed by atoms with Crippen molar-refractivity contribution in [3.05, 3.63) is 57.5 Å². The number of aliphatic hydroxyl groups is 1. The Morgan fingerprint density at radius 2 is 1.94 bits per heavy atom. The molecule has 2 heterocycles. The minimum atomic E-state index is -2.24. The molecule has 0 unspecified atom stereocenters. The second-order valence-corrected chi connectivity index (χ2v) is 10.8. The number of piperidine rings is 1. The third-order valence-electron chi connectivity index (χ3n) is 6.58. The predicted molar refractivity (Wildman–Crippen MR) is 138 cm³/mol. The number of urea groups is 1. The molecule has 0 spiro atoms. The van der Waals surface area contributed by atoms with Crippen LogP contribution in [0.15, 0.2) is 46.9 Å². The van der Waals surface area contributed by atoms with Gasteiger partial charge in [0.1, 0.15) is 0 Å². The molecule has 9 heteroatoms. The highest BCUT2D eigenvalue weighted by Gasteiger charge is 2.52. The lowest BCUT2D eigenvalue weighted by Crippen LogP contribution is -2.63. The van der Waals surface area contributed by atoms with Crippen molar-refractivity contribution in [1.82, 2.24) is 10.2 Å². The maximum absolute atomic E-state index is 13.6. The van der Waals surface area contributed by atoms with Gasteiger partial charge in [0.15, 0.2) is 0 Å². The largest absolute Gasteiger partial charge is 0.359 e. The molecule has 0 saturated carbocycles. The van der Waals surface area contributed by atoms with Crippen LogP contribution < -0.4 is 15.5 Å². The first-order chi connectivity index (χ1) is 16.2. The molecule has 7 nitrogen and oxygen atoms in total. The molecule has 0 radical (unpaired) electrons. The fraction of sp³-hybridized carbons (Fsp3) is 0.440. The number of carbonyl (C=O) groups excluding carboxylic acids is 2. The number of anilines is 2. The van der Waals surface area contributed by atoms with Crippen LogP contribution in [0.4, 0.5) is 16.2 Å². The average molecular weight is 550 g/mol. The molecule has 0 aliphatic carbocycles. The van der Waals surface area contributed by atoms with E-state index in [1.165, 1.54) is 12.8 Å². The standard InChI is InChI=1S/C25H30BrClN4O3/c1-16-9-11-30(12-10-16)15-17(2)14-28-23(32)25(34)21-13-18(26)3-8-22(21)29-24(33)31(25)20-6-4-19(27)5-7-20/h3-8,13,16-17,34H,9-12,14-15H2,1-2H3,(H,28,32)(H,29,33)/t17-,25-/m1/s1. The van der Waals surface area contributed by atoms with E-state index in [2.05, 4.69) is 45.3 Å². The molecule has 2 aliphatic rings. The van der Waals surface area contributed by atoms with Crippen molar-refractivity contribution < 1.29 is 14.7 Å². The Balaban J connectivity index is 1.58. The Bertz CT molecular complexity index is 1060. The van der Waals surface area contributed by atoms with Crippen LogP contribution in [0.2, 0.25) is 5.02 Å². The Morgan fingerprint density at radius 1 is 1.26 bits per heavy atom. The highest BCUT2D eigenvalue weighted by molar-refractivity contribution is 9.10. The lowest BCUT2D eigenvalue weighted by molar-refractivity contribution is -0.140. The van der Waals surface area contributed by atoms with Crippen LogP contribution in [0.5, 0.6) is 0 Å². The van der Waals surface area contributed by atoms with Crippen LogP contribution in [-0.4, -0.2) is 48.1 Å². The number of halogens is 2. The predicted octanol–water partition coefficient (Wildman–Crippen LogP) is 4.78. The van der Waals surface area contributed by atoms with Crippen LogP contribution in [0, 0.1) is 11.8 Å². The molecular formula is C25H30BrClN4O3. The lowest BCUT2D eigenvalue weighted by Gasteiger charge is -2.43. The minimum Gasteiger partial charge on any atom is -0.359 e. The van der Waals surface area contributed by atoms with E-state index < -0.39 is 17.7 Å². The number of rotatable bonds is 6. The molecule has 3 N–H and O–H groups in total. The number of hydrogen-bond acceptors (Lipinski definition) is 4. The zero-order valence-corrected chi connectivity index (χ0v) is 21.7. The van der Waals surface area contributed by atoms with Gasteiger partial charge in [-0.2, -0.15) is 0 Å². The summed E-state index contributed by atoms with van der Waals surface area (Å²) in [5.74, 6) is 0.288. The first-order valence-corrected chi connectivity index (χ1v) is 12.8. The number of benzene rings is 2. The topological polar surface area (TPSA) is 84.9 Å². The molecule has 2 aromatic carbocycles. The highest BCUT2D eigenvalue weighted by Crippen LogP contribution is 2.41. The molecule has 0 aromatic heterocycles. The highest BCUT2D eigenvalue weighted by atomic mass is 79.9. The first-order valence-electron chi connectivity index (χ1n) is 11.6. The molecule has 2 aromatic rings. The van der Waals surface area contributed by atoms with Crippen molar-refractivity contribution >= 4 is 50.8 Å². The zero-order chi connectivity index (χ0) is 24.5. The van der Waals surface area contributed by atoms with E-state index >= 15 is 0 Å². The van der Waals surface area contributed by atoms with Crippen molar-refractivity contribution in [1.29, 1.82) is 0 Å². The van der Waals surface area contributed by atoms with Crippen molar-refractivity contribution in [2.45, 2.75) is 32.4 Å². The third-order valence-corrected chi connectivity index (χ3v) is 7.33. The van der Waals surface area contributed by atoms with E-state index in [0.717, 1.165) is 30.5 Å². The van der Waals surface area contributed by atoms with Gasteiger partial charge in [-0.15, -0.1) is 0 Å². The molecule has 1 saturated heterocycles. The van der Waals surface area contributed by atoms with Crippen LogP contribution in [-0.2, 0) is 10.5 Å². The third kappa shape index (κ3) is 5.10. The summed E-state index contributed by atoms with van der Waals surface area (Å²) in [6, 6.07) is 10.9. The van der Waals surface area contributed by atoms with Gasteiger partial charge >= 0.3 is 6.03 Å². The summed E-state index contributed by atoms with van der Waals surface area (Å²) in [4.78, 5) is 30.2. The Kier molecular flexibility index (Phi) is 7.52. The van der Waals surface area contributed by atoms with Crippen LogP contribution in [0.3, 0.4) is 0 Å². The Morgan fingerprint density at radius 3 is 2.62 bits per heavy atom. The van der Waals surface area contributed by atoms with Crippen molar-refractivity contribution in [2.75, 3.05) is 36.4 Å². The van der Waals surface area contributed by atoms with E-state index in [4.69, 9.17) is 11.6 Å². The Labute approximate surface area is 213 Å². The van der Waals surface area contributed by atoms with E-state index in [-0.39, 0.29) is 11.5 Å². The lowest BCUT2D eigenvalue weighted by atomic mass is 9.94. The summed E-state index contributed by atoms with van der Waals surface area (Å²) < 4.78 is 0.678. The minimum absolute atomic E-state index is 0.185. The molecular weight excluding hydrogens is 520 g/mol. The summed E-state index contributed by atoms with van der Waals surface area (Å²) >= 11 is 9.44. The van der Waals surface area contributed by atoms with Gasteiger partial charge in [-0.3, -0.25) is 9.69 Å². The zero-order valence-electron chi connectivity index (χ0n) is 19.4. The van der Waals surface area contributed by atoms with Gasteiger partial charge in [0.25, 0.3) is 11.6 Å². The average Bonchev–Trinajstić information content (AvgIpc) is 2.81. The van der Waals surface area contributed by atoms with E-state index in [0.29, 0.717) is 27.4 Å². The summed E-state index contributed by atoms with van der Waals surface area (Å²) in [5, 5.41) is 18.1. The summed E-state index contributed by atoms with van der Waals surface area (Å²) in [6.07, 6.45) is 2.38. The molecule has 2 aliphatic heterocycles. The monoisotopic (exact) mass is 548 g/mol. The maximum atomic E-state index is 13.6. The van der Waals surface area contributed by atoms with Gasteiger partial charge < -0.3 is 20.6 Å². The normalized spacial score (nSPS) is 22.1. The molecule has 2 atom stereocenters. The molecule has 34 heavy (non-hydrogen) atoms. The first kappa shape index (κ1) is 25.0.